The van der Waals surface area contributed by atoms with Crippen LogP contribution in [-0.2, 0) is 10.0 Å². The third-order valence-electron chi connectivity index (χ3n) is 2.18. The number of sulfonamides is 1. The SMILES string of the molecule is C=C(Cl)CNS(=O)(=O)c1cc(OC)c(OC)cc1F. The van der Waals surface area contributed by atoms with Crippen LogP contribution in [0.25, 0.3) is 0 Å². The molecule has 1 N–H and O–H groups in total. The first kappa shape index (κ1) is 15.7. The van der Waals surface area contributed by atoms with Crippen molar-refractivity contribution in [2.75, 3.05) is 20.8 Å². The summed E-state index contributed by atoms with van der Waals surface area (Å²) >= 11 is 5.46. The van der Waals surface area contributed by atoms with E-state index in [1.165, 1.54) is 14.2 Å². The number of halogens is 2. The maximum Gasteiger partial charge on any atom is 0.243 e. The van der Waals surface area contributed by atoms with E-state index < -0.39 is 20.7 Å². The molecule has 0 aliphatic carbocycles. The topological polar surface area (TPSA) is 64.6 Å². The highest BCUT2D eigenvalue weighted by Crippen LogP contribution is 2.31. The predicted molar refractivity (Wildman–Crippen MR) is 69.7 cm³/mol. The van der Waals surface area contributed by atoms with Gasteiger partial charge >= 0.3 is 0 Å². The molecule has 106 valence electrons. The Hall–Kier alpha value is -1.31. The van der Waals surface area contributed by atoms with E-state index in [4.69, 9.17) is 21.1 Å². The molecule has 0 fully saturated rings. The highest BCUT2D eigenvalue weighted by molar-refractivity contribution is 7.89. The van der Waals surface area contributed by atoms with Crippen LogP contribution < -0.4 is 14.2 Å². The van der Waals surface area contributed by atoms with Gasteiger partial charge in [0.1, 0.15) is 10.7 Å². The second kappa shape index (κ2) is 6.23. The van der Waals surface area contributed by atoms with E-state index in [0.717, 1.165) is 12.1 Å². The summed E-state index contributed by atoms with van der Waals surface area (Å²) in [7, 11) is -1.41. The summed E-state index contributed by atoms with van der Waals surface area (Å²) in [5.74, 6) is -0.750. The molecule has 0 bridgehead atoms. The van der Waals surface area contributed by atoms with Crippen molar-refractivity contribution in [1.82, 2.24) is 4.72 Å². The average molecular weight is 310 g/mol. The van der Waals surface area contributed by atoms with Crippen molar-refractivity contribution < 1.29 is 22.3 Å². The molecule has 0 amide bonds. The molecule has 5 nitrogen and oxygen atoms in total. The molecular weight excluding hydrogens is 297 g/mol. The van der Waals surface area contributed by atoms with Crippen LogP contribution in [0.4, 0.5) is 4.39 Å². The Labute approximate surface area is 116 Å². The molecule has 0 aromatic heterocycles. The molecule has 0 saturated carbocycles. The van der Waals surface area contributed by atoms with Crippen LogP contribution in [0, 0.1) is 5.82 Å². The van der Waals surface area contributed by atoms with E-state index in [9.17, 15) is 12.8 Å². The number of hydrogen-bond donors (Lipinski definition) is 1. The Morgan fingerprint density at radius 3 is 2.37 bits per heavy atom. The molecule has 1 rings (SSSR count). The quantitative estimate of drug-likeness (QED) is 0.871. The minimum absolute atomic E-state index is 0.0875. The molecule has 0 radical (unpaired) electrons. The summed E-state index contributed by atoms with van der Waals surface area (Å²) in [5.41, 5.74) is 0. The van der Waals surface area contributed by atoms with Gasteiger partial charge in [0, 0.05) is 23.7 Å². The third kappa shape index (κ3) is 3.82. The monoisotopic (exact) mass is 309 g/mol. The normalized spacial score (nSPS) is 11.2. The Morgan fingerprint density at radius 1 is 1.37 bits per heavy atom. The van der Waals surface area contributed by atoms with Crippen LogP contribution in [0.5, 0.6) is 11.5 Å². The summed E-state index contributed by atoms with van der Waals surface area (Å²) in [6.45, 7) is 3.14. The highest BCUT2D eigenvalue weighted by atomic mass is 35.5. The zero-order valence-corrected chi connectivity index (χ0v) is 11.9. The van der Waals surface area contributed by atoms with Gasteiger partial charge in [-0.05, 0) is 0 Å². The number of methoxy groups -OCH3 is 2. The fourth-order valence-corrected chi connectivity index (χ4v) is 2.54. The molecule has 0 atom stereocenters. The van der Waals surface area contributed by atoms with Crippen LogP contribution in [0.3, 0.4) is 0 Å². The van der Waals surface area contributed by atoms with Gasteiger partial charge in [0.25, 0.3) is 0 Å². The van der Waals surface area contributed by atoms with Crippen LogP contribution in [0.2, 0.25) is 0 Å². The van der Waals surface area contributed by atoms with E-state index in [1.54, 1.807) is 0 Å². The van der Waals surface area contributed by atoms with Gasteiger partial charge in [-0.3, -0.25) is 0 Å². The van der Waals surface area contributed by atoms with Gasteiger partial charge in [-0.15, -0.1) is 0 Å². The highest BCUT2D eigenvalue weighted by Gasteiger charge is 2.22. The molecule has 1 aromatic carbocycles. The van der Waals surface area contributed by atoms with Crippen molar-refractivity contribution in [2.45, 2.75) is 4.90 Å². The second-order valence-corrected chi connectivity index (χ2v) is 5.75. The van der Waals surface area contributed by atoms with E-state index in [0.29, 0.717) is 0 Å². The van der Waals surface area contributed by atoms with Gasteiger partial charge in [0.15, 0.2) is 11.5 Å². The van der Waals surface area contributed by atoms with Crippen molar-refractivity contribution >= 4 is 21.6 Å². The van der Waals surface area contributed by atoms with Crippen molar-refractivity contribution in [2.24, 2.45) is 0 Å². The van der Waals surface area contributed by atoms with Crippen LogP contribution in [0.1, 0.15) is 0 Å². The molecule has 0 aliphatic heterocycles. The van der Waals surface area contributed by atoms with Crippen LogP contribution in [0.15, 0.2) is 28.6 Å². The molecule has 0 heterocycles. The Morgan fingerprint density at radius 2 is 1.89 bits per heavy atom. The fourth-order valence-electron chi connectivity index (χ4n) is 1.29. The van der Waals surface area contributed by atoms with Crippen molar-refractivity contribution in [1.29, 1.82) is 0 Å². The second-order valence-electron chi connectivity index (χ2n) is 3.48. The lowest BCUT2D eigenvalue weighted by atomic mass is 10.3. The summed E-state index contributed by atoms with van der Waals surface area (Å²) in [6.07, 6.45) is 0. The number of nitrogens with one attached hydrogen (secondary N) is 1. The Bertz CT molecular complexity index is 589. The van der Waals surface area contributed by atoms with E-state index in [1.807, 2.05) is 0 Å². The molecule has 0 saturated heterocycles. The Kier molecular flexibility index (Phi) is 5.16. The predicted octanol–water partition coefficient (Wildman–Crippen LogP) is 1.87. The molecular formula is C11H13ClFNO4S. The van der Waals surface area contributed by atoms with Gasteiger partial charge < -0.3 is 9.47 Å². The average Bonchev–Trinajstić information content (AvgIpc) is 2.35. The third-order valence-corrected chi connectivity index (χ3v) is 3.73. The molecule has 8 heteroatoms. The largest absolute Gasteiger partial charge is 0.493 e. The smallest absolute Gasteiger partial charge is 0.243 e. The van der Waals surface area contributed by atoms with Crippen molar-refractivity contribution in [3.8, 4) is 11.5 Å². The zero-order chi connectivity index (χ0) is 14.6. The number of benzene rings is 1. The summed E-state index contributed by atoms with van der Waals surface area (Å²) < 4.78 is 49.4. The number of ether oxygens (including phenoxy) is 2. The maximum absolute atomic E-state index is 13.8. The van der Waals surface area contributed by atoms with E-state index in [2.05, 4.69) is 11.3 Å². The maximum atomic E-state index is 13.8. The summed E-state index contributed by atoms with van der Waals surface area (Å²) in [4.78, 5) is -0.553. The van der Waals surface area contributed by atoms with Gasteiger partial charge in [0.05, 0.1) is 14.2 Å². The lowest BCUT2D eigenvalue weighted by molar-refractivity contribution is 0.350. The lowest BCUT2D eigenvalue weighted by Crippen LogP contribution is -2.25. The molecule has 0 aliphatic rings. The Balaban J connectivity index is 3.23. The van der Waals surface area contributed by atoms with Crippen molar-refractivity contribution in [3.63, 3.8) is 0 Å². The van der Waals surface area contributed by atoms with Gasteiger partial charge in [-0.1, -0.05) is 18.2 Å². The molecule has 19 heavy (non-hydrogen) atoms. The lowest BCUT2D eigenvalue weighted by Gasteiger charge is -2.11. The first-order chi connectivity index (χ1) is 8.81. The summed E-state index contributed by atoms with van der Waals surface area (Å²) in [5, 5.41) is 0.0875. The van der Waals surface area contributed by atoms with Crippen molar-refractivity contribution in [3.05, 3.63) is 29.6 Å². The minimum atomic E-state index is -4.05. The molecule has 1 aromatic rings. The van der Waals surface area contributed by atoms with Gasteiger partial charge in [-0.2, -0.15) is 0 Å². The molecule has 0 spiro atoms. The first-order valence-electron chi connectivity index (χ1n) is 5.06. The molecule has 0 unspecified atom stereocenters. The number of rotatable bonds is 6. The van der Waals surface area contributed by atoms with E-state index >= 15 is 0 Å². The fraction of sp³-hybridized carbons (Fsp3) is 0.273. The zero-order valence-electron chi connectivity index (χ0n) is 10.4. The van der Waals surface area contributed by atoms with Crippen LogP contribution >= 0.6 is 11.6 Å². The van der Waals surface area contributed by atoms with Gasteiger partial charge in [0.2, 0.25) is 10.0 Å². The first-order valence-corrected chi connectivity index (χ1v) is 6.92. The minimum Gasteiger partial charge on any atom is -0.493 e. The number of hydrogen-bond acceptors (Lipinski definition) is 4. The summed E-state index contributed by atoms with van der Waals surface area (Å²) in [6, 6.07) is 1.97. The van der Waals surface area contributed by atoms with Gasteiger partial charge in [-0.25, -0.2) is 17.5 Å². The van der Waals surface area contributed by atoms with Crippen LogP contribution in [-0.4, -0.2) is 29.2 Å². The standard InChI is InChI=1S/C11H13ClFNO4S/c1-7(12)6-14-19(15,16)11-5-10(18-3)9(17-2)4-8(11)13/h4-5,14H,1,6H2,2-3H3. The van der Waals surface area contributed by atoms with E-state index in [-0.39, 0.29) is 23.1 Å².